The van der Waals surface area contributed by atoms with Crippen LogP contribution in [0.3, 0.4) is 0 Å². The summed E-state index contributed by atoms with van der Waals surface area (Å²) in [6.45, 7) is 0. The van der Waals surface area contributed by atoms with Gasteiger partial charge in [0, 0.05) is 5.39 Å². The number of hydrogen-bond donors (Lipinski definition) is 0. The second kappa shape index (κ2) is 9.22. The largest absolute Gasteiger partial charge is 0.436 e. The normalized spacial score (nSPS) is 13.2. The first-order valence-corrected chi connectivity index (χ1v) is 14.6. The van der Waals surface area contributed by atoms with Gasteiger partial charge in [-0.1, -0.05) is 97.1 Å². The molecule has 0 saturated heterocycles. The van der Waals surface area contributed by atoms with E-state index in [4.69, 9.17) is 14.4 Å². The first-order valence-electron chi connectivity index (χ1n) is 14.6. The average molecular weight is 562 g/mol. The molecule has 2 aromatic heterocycles. The molecule has 0 N–H and O–H groups in total. The highest BCUT2D eigenvalue weighted by Gasteiger charge is 2.46. The first-order chi connectivity index (χ1) is 21.7. The van der Waals surface area contributed by atoms with Crippen molar-refractivity contribution in [2.75, 3.05) is 0 Å². The fourth-order valence-electron chi connectivity index (χ4n) is 7.06. The molecule has 4 heteroatoms. The lowest BCUT2D eigenvalue weighted by atomic mass is 9.67. The Morgan fingerprint density at radius 3 is 1.86 bits per heavy atom. The van der Waals surface area contributed by atoms with Crippen molar-refractivity contribution in [1.29, 1.82) is 5.26 Å². The minimum absolute atomic E-state index is 0.542. The Labute approximate surface area is 253 Å². The van der Waals surface area contributed by atoms with Crippen LogP contribution in [0, 0.1) is 11.3 Å². The first kappa shape index (κ1) is 24.5. The predicted octanol–water partition coefficient (Wildman–Crippen LogP) is 9.43. The molecular weight excluding hydrogens is 538 g/mol. The van der Waals surface area contributed by atoms with E-state index in [2.05, 4.69) is 109 Å². The zero-order valence-corrected chi connectivity index (χ0v) is 23.5. The van der Waals surface area contributed by atoms with Crippen LogP contribution in [0.1, 0.15) is 27.8 Å². The third-order valence-corrected chi connectivity index (χ3v) is 8.99. The molecule has 1 aliphatic rings. The van der Waals surface area contributed by atoms with Crippen molar-refractivity contribution in [3.05, 3.63) is 167 Å². The molecule has 0 atom stereocenters. The van der Waals surface area contributed by atoms with E-state index in [1.54, 1.807) is 0 Å². The van der Waals surface area contributed by atoms with Gasteiger partial charge in [-0.15, -0.1) is 0 Å². The van der Waals surface area contributed by atoms with Crippen LogP contribution in [-0.4, -0.2) is 9.97 Å². The fraction of sp³-hybridized carbons (Fsp3) is 0.0250. The molecule has 0 unspecified atom stereocenters. The van der Waals surface area contributed by atoms with Crippen molar-refractivity contribution in [3.63, 3.8) is 0 Å². The second-order valence-electron chi connectivity index (χ2n) is 11.3. The summed E-state index contributed by atoms with van der Waals surface area (Å²) >= 11 is 0. The summed E-state index contributed by atoms with van der Waals surface area (Å²) in [6.07, 6.45) is 0. The van der Waals surface area contributed by atoms with Crippen LogP contribution in [0.25, 0.3) is 55.5 Å². The van der Waals surface area contributed by atoms with Gasteiger partial charge >= 0.3 is 0 Å². The van der Waals surface area contributed by atoms with Crippen LogP contribution in [0.2, 0.25) is 0 Å². The Balaban J connectivity index is 1.32. The lowest BCUT2D eigenvalue weighted by molar-refractivity contribution is 0.655. The number of fused-ring (bicyclic) bond motifs is 7. The van der Waals surface area contributed by atoms with Gasteiger partial charge in [0.05, 0.1) is 28.1 Å². The molecular formula is C40H23N3O. The van der Waals surface area contributed by atoms with E-state index < -0.39 is 5.41 Å². The summed E-state index contributed by atoms with van der Waals surface area (Å²) in [5.41, 5.74) is 12.9. The van der Waals surface area contributed by atoms with Crippen LogP contribution < -0.4 is 0 Å². The standard InChI is InChI=1S/C40H23N3O/c41-24-25-15-18-30-31-19-16-27(26-17-20-37-32(22-26)38-39(44-37)43-36-14-8-7-13-35(36)42-38)23-34(31)40(33(30)21-25,28-9-3-1-4-10-28)29-11-5-2-6-12-29/h1-23H. The van der Waals surface area contributed by atoms with Gasteiger partial charge in [-0.2, -0.15) is 5.26 Å². The number of nitriles is 1. The van der Waals surface area contributed by atoms with Crippen LogP contribution >= 0.6 is 0 Å². The summed E-state index contributed by atoms with van der Waals surface area (Å²) in [7, 11) is 0. The summed E-state index contributed by atoms with van der Waals surface area (Å²) in [6, 6.07) is 50.7. The highest BCUT2D eigenvalue weighted by molar-refractivity contribution is 6.05. The summed E-state index contributed by atoms with van der Waals surface area (Å²) in [5, 5.41) is 10.9. The minimum Gasteiger partial charge on any atom is -0.436 e. The molecule has 0 bridgehead atoms. The van der Waals surface area contributed by atoms with Crippen LogP contribution in [0.15, 0.2) is 144 Å². The summed E-state index contributed by atoms with van der Waals surface area (Å²) < 4.78 is 6.14. The second-order valence-corrected chi connectivity index (χ2v) is 11.3. The zero-order chi connectivity index (χ0) is 29.3. The van der Waals surface area contributed by atoms with Crippen LogP contribution in [0.4, 0.5) is 0 Å². The van der Waals surface area contributed by atoms with E-state index in [9.17, 15) is 5.26 Å². The molecule has 0 radical (unpaired) electrons. The maximum atomic E-state index is 9.93. The Morgan fingerprint density at radius 1 is 0.568 bits per heavy atom. The monoisotopic (exact) mass is 561 g/mol. The molecule has 0 spiro atoms. The average Bonchev–Trinajstić information content (AvgIpc) is 3.59. The summed E-state index contributed by atoms with van der Waals surface area (Å²) in [4.78, 5) is 9.66. The molecule has 44 heavy (non-hydrogen) atoms. The van der Waals surface area contributed by atoms with Crippen molar-refractivity contribution in [2.24, 2.45) is 0 Å². The molecule has 0 fully saturated rings. The molecule has 6 aromatic carbocycles. The summed E-state index contributed by atoms with van der Waals surface area (Å²) in [5.74, 6) is 0. The Hall–Kier alpha value is -6.05. The third-order valence-electron chi connectivity index (χ3n) is 8.99. The quantitative estimate of drug-likeness (QED) is 0.216. The number of para-hydroxylation sites is 2. The number of aromatic nitrogens is 2. The number of hydrogen-bond acceptors (Lipinski definition) is 4. The SMILES string of the molecule is N#Cc1ccc2c(c1)C(c1ccccc1)(c1ccccc1)c1cc(-c3ccc4oc5nc6ccccc6nc5c4c3)ccc1-2. The molecule has 0 aliphatic heterocycles. The van der Waals surface area contributed by atoms with E-state index in [0.717, 1.165) is 60.9 Å². The molecule has 204 valence electrons. The van der Waals surface area contributed by atoms with Gasteiger partial charge in [-0.05, 0) is 87.0 Å². The molecule has 0 amide bonds. The maximum Gasteiger partial charge on any atom is 0.246 e. The van der Waals surface area contributed by atoms with Gasteiger partial charge in [0.1, 0.15) is 11.1 Å². The van der Waals surface area contributed by atoms with E-state index in [0.29, 0.717) is 11.3 Å². The fourth-order valence-corrected chi connectivity index (χ4v) is 7.06. The van der Waals surface area contributed by atoms with E-state index >= 15 is 0 Å². The predicted molar refractivity (Wildman–Crippen MR) is 174 cm³/mol. The molecule has 4 nitrogen and oxygen atoms in total. The molecule has 9 rings (SSSR count). The Bertz CT molecular complexity index is 2410. The molecule has 1 aliphatic carbocycles. The van der Waals surface area contributed by atoms with Crippen molar-refractivity contribution in [3.8, 4) is 28.3 Å². The van der Waals surface area contributed by atoms with E-state index in [1.165, 1.54) is 11.1 Å². The van der Waals surface area contributed by atoms with Crippen molar-refractivity contribution in [2.45, 2.75) is 5.41 Å². The number of nitrogens with zero attached hydrogens (tertiary/aromatic N) is 3. The Morgan fingerprint density at radius 2 is 1.16 bits per heavy atom. The van der Waals surface area contributed by atoms with Gasteiger partial charge in [-0.25, -0.2) is 9.97 Å². The van der Waals surface area contributed by atoms with Gasteiger partial charge in [0.2, 0.25) is 5.71 Å². The van der Waals surface area contributed by atoms with Gasteiger partial charge in [0.15, 0.2) is 0 Å². The Kier molecular flexibility index (Phi) is 5.14. The van der Waals surface area contributed by atoms with Crippen LogP contribution in [0.5, 0.6) is 0 Å². The van der Waals surface area contributed by atoms with Crippen molar-refractivity contribution >= 4 is 33.2 Å². The smallest absolute Gasteiger partial charge is 0.246 e. The lowest BCUT2D eigenvalue weighted by Gasteiger charge is -2.34. The van der Waals surface area contributed by atoms with Gasteiger partial charge in [0.25, 0.3) is 0 Å². The molecule has 0 saturated carbocycles. The third kappa shape index (κ3) is 3.38. The van der Waals surface area contributed by atoms with Crippen molar-refractivity contribution in [1.82, 2.24) is 9.97 Å². The van der Waals surface area contributed by atoms with E-state index in [-0.39, 0.29) is 0 Å². The topological polar surface area (TPSA) is 62.7 Å². The molecule has 8 aromatic rings. The highest BCUT2D eigenvalue weighted by Crippen LogP contribution is 2.57. The lowest BCUT2D eigenvalue weighted by Crippen LogP contribution is -2.28. The zero-order valence-electron chi connectivity index (χ0n) is 23.5. The van der Waals surface area contributed by atoms with Crippen molar-refractivity contribution < 1.29 is 4.42 Å². The highest BCUT2D eigenvalue weighted by atomic mass is 16.3. The number of rotatable bonds is 3. The number of furan rings is 1. The van der Waals surface area contributed by atoms with Crippen LogP contribution in [-0.2, 0) is 5.41 Å². The van der Waals surface area contributed by atoms with E-state index in [1.807, 2.05) is 36.4 Å². The maximum absolute atomic E-state index is 9.93. The minimum atomic E-state index is -0.590. The number of benzene rings is 6. The van der Waals surface area contributed by atoms with Gasteiger partial charge in [-0.3, -0.25) is 0 Å². The molecule has 2 heterocycles. The van der Waals surface area contributed by atoms with Gasteiger partial charge < -0.3 is 4.42 Å².